The summed E-state index contributed by atoms with van der Waals surface area (Å²) in [6.45, 7) is 0. The van der Waals surface area contributed by atoms with E-state index in [1.807, 2.05) is 18.2 Å². The molecule has 6 nitrogen and oxygen atoms in total. The van der Waals surface area contributed by atoms with Crippen LogP contribution >= 0.6 is 0 Å². The molecule has 3 aromatic rings. The normalized spacial score (nSPS) is 10.7. The van der Waals surface area contributed by atoms with E-state index < -0.39 is 0 Å². The molecule has 0 spiro atoms. The van der Waals surface area contributed by atoms with E-state index in [4.69, 9.17) is 15.2 Å². The van der Waals surface area contributed by atoms with Crippen molar-refractivity contribution < 1.29 is 9.47 Å². The Morgan fingerprint density at radius 3 is 2.65 bits per heavy atom. The number of ether oxygens (including phenoxy) is 2. The number of hydrogen-bond donors (Lipinski definition) is 1. The van der Waals surface area contributed by atoms with E-state index >= 15 is 0 Å². The van der Waals surface area contributed by atoms with Gasteiger partial charge in [-0.3, -0.25) is 0 Å². The average Bonchev–Trinajstić information content (AvgIpc) is 2.89. The Labute approximate surface area is 115 Å². The summed E-state index contributed by atoms with van der Waals surface area (Å²) in [6, 6.07) is 7.38. The highest BCUT2D eigenvalue weighted by atomic mass is 16.5. The number of methoxy groups -OCH3 is 2. The van der Waals surface area contributed by atoms with Crippen LogP contribution in [0.4, 0.5) is 5.82 Å². The molecule has 20 heavy (non-hydrogen) atoms. The van der Waals surface area contributed by atoms with Gasteiger partial charge < -0.3 is 15.2 Å². The van der Waals surface area contributed by atoms with Crippen LogP contribution in [0.1, 0.15) is 0 Å². The molecule has 3 rings (SSSR count). The van der Waals surface area contributed by atoms with Gasteiger partial charge in [-0.1, -0.05) is 6.07 Å². The molecule has 2 aromatic heterocycles. The molecule has 0 saturated heterocycles. The number of rotatable bonds is 3. The maximum atomic E-state index is 5.73. The van der Waals surface area contributed by atoms with E-state index in [0.29, 0.717) is 23.0 Å². The van der Waals surface area contributed by atoms with Crippen LogP contribution in [0.5, 0.6) is 11.5 Å². The summed E-state index contributed by atoms with van der Waals surface area (Å²) in [6.07, 6.45) is 3.53. The Hall–Kier alpha value is -2.76. The first-order valence-corrected chi connectivity index (χ1v) is 6.05. The lowest BCUT2D eigenvalue weighted by Crippen LogP contribution is -1.95. The summed E-state index contributed by atoms with van der Waals surface area (Å²) < 4.78 is 12.2. The van der Waals surface area contributed by atoms with Crippen molar-refractivity contribution >= 4 is 11.5 Å². The number of nitrogen functional groups attached to an aromatic ring is 1. The number of hydrogen-bond acceptors (Lipinski definition) is 5. The summed E-state index contributed by atoms with van der Waals surface area (Å²) in [7, 11) is 3.21. The Morgan fingerprint density at radius 1 is 1.10 bits per heavy atom. The molecule has 2 N–H and O–H groups in total. The monoisotopic (exact) mass is 270 g/mol. The third-order valence-electron chi connectivity index (χ3n) is 3.09. The first-order valence-electron chi connectivity index (χ1n) is 6.05. The minimum absolute atomic E-state index is 0.458. The fourth-order valence-corrected chi connectivity index (χ4v) is 2.09. The molecule has 0 aliphatic heterocycles. The van der Waals surface area contributed by atoms with E-state index in [9.17, 15) is 0 Å². The molecular weight excluding hydrogens is 256 g/mol. The van der Waals surface area contributed by atoms with Crippen molar-refractivity contribution in [1.29, 1.82) is 0 Å². The number of aromatic nitrogens is 3. The lowest BCUT2D eigenvalue weighted by atomic mass is 10.1. The lowest BCUT2D eigenvalue weighted by Gasteiger charge is -2.08. The van der Waals surface area contributed by atoms with Gasteiger partial charge in [0.25, 0.3) is 0 Å². The Balaban J connectivity index is 2.18. The van der Waals surface area contributed by atoms with Crippen LogP contribution in [0.25, 0.3) is 16.8 Å². The van der Waals surface area contributed by atoms with Crippen LogP contribution in [0.2, 0.25) is 0 Å². The van der Waals surface area contributed by atoms with Crippen LogP contribution in [0.15, 0.2) is 36.7 Å². The molecule has 0 fully saturated rings. The standard InChI is InChI=1S/C14H14N4O2/c1-19-11-4-3-9(7-12(11)20-2)10-8-16-18-6-5-13(15)17-14(10)18/h3-8H,1-2H3,(H2,15,17). The molecule has 2 heterocycles. The second kappa shape index (κ2) is 4.73. The van der Waals surface area contributed by atoms with Gasteiger partial charge in [-0.15, -0.1) is 0 Å². The quantitative estimate of drug-likeness (QED) is 0.787. The molecule has 0 unspecified atom stereocenters. The molecule has 0 amide bonds. The zero-order valence-corrected chi connectivity index (χ0v) is 11.2. The van der Waals surface area contributed by atoms with E-state index in [1.54, 1.807) is 37.2 Å². The lowest BCUT2D eigenvalue weighted by molar-refractivity contribution is 0.355. The molecule has 0 aliphatic rings. The van der Waals surface area contributed by atoms with Crippen molar-refractivity contribution in [3.05, 3.63) is 36.7 Å². The van der Waals surface area contributed by atoms with Gasteiger partial charge in [-0.25, -0.2) is 9.50 Å². The minimum atomic E-state index is 0.458. The summed E-state index contributed by atoms with van der Waals surface area (Å²) in [5.74, 6) is 1.80. The molecule has 0 atom stereocenters. The maximum Gasteiger partial charge on any atom is 0.165 e. The molecule has 0 bridgehead atoms. The second-order valence-corrected chi connectivity index (χ2v) is 4.25. The fraction of sp³-hybridized carbons (Fsp3) is 0.143. The predicted molar refractivity (Wildman–Crippen MR) is 75.9 cm³/mol. The van der Waals surface area contributed by atoms with E-state index in [-0.39, 0.29) is 0 Å². The number of fused-ring (bicyclic) bond motifs is 1. The molecular formula is C14H14N4O2. The zero-order valence-electron chi connectivity index (χ0n) is 11.2. The Kier molecular flexibility index (Phi) is 2.90. The van der Waals surface area contributed by atoms with E-state index in [2.05, 4.69) is 10.1 Å². The number of anilines is 1. The molecule has 1 aromatic carbocycles. The van der Waals surface area contributed by atoms with Crippen molar-refractivity contribution in [3.8, 4) is 22.6 Å². The first kappa shape index (κ1) is 12.3. The van der Waals surface area contributed by atoms with Gasteiger partial charge in [0.1, 0.15) is 5.82 Å². The van der Waals surface area contributed by atoms with E-state index in [0.717, 1.165) is 11.1 Å². The van der Waals surface area contributed by atoms with E-state index in [1.165, 1.54) is 0 Å². The third-order valence-corrected chi connectivity index (χ3v) is 3.09. The highest BCUT2D eigenvalue weighted by Gasteiger charge is 2.11. The van der Waals surface area contributed by atoms with Crippen molar-refractivity contribution in [2.75, 3.05) is 20.0 Å². The number of nitrogens with two attached hydrogens (primary N) is 1. The Morgan fingerprint density at radius 2 is 1.90 bits per heavy atom. The number of nitrogens with zero attached hydrogens (tertiary/aromatic N) is 3. The van der Waals surface area contributed by atoms with Gasteiger partial charge in [-0.05, 0) is 23.8 Å². The molecule has 6 heteroatoms. The molecule has 0 saturated carbocycles. The smallest absolute Gasteiger partial charge is 0.165 e. The van der Waals surface area contributed by atoms with Gasteiger partial charge in [0, 0.05) is 11.8 Å². The van der Waals surface area contributed by atoms with Crippen molar-refractivity contribution in [2.24, 2.45) is 0 Å². The largest absolute Gasteiger partial charge is 0.493 e. The second-order valence-electron chi connectivity index (χ2n) is 4.25. The van der Waals surface area contributed by atoms with Crippen molar-refractivity contribution in [1.82, 2.24) is 14.6 Å². The van der Waals surface area contributed by atoms with Gasteiger partial charge in [0.2, 0.25) is 0 Å². The summed E-state index contributed by atoms with van der Waals surface area (Å²) in [5, 5.41) is 4.26. The molecule has 102 valence electrons. The zero-order chi connectivity index (χ0) is 14.1. The average molecular weight is 270 g/mol. The van der Waals surface area contributed by atoms with Gasteiger partial charge in [0.15, 0.2) is 17.1 Å². The van der Waals surface area contributed by atoms with Crippen molar-refractivity contribution in [3.63, 3.8) is 0 Å². The SMILES string of the molecule is COc1ccc(-c2cnn3ccc(N)nc23)cc1OC. The molecule has 0 aliphatic carbocycles. The van der Waals surface area contributed by atoms with Crippen LogP contribution in [-0.2, 0) is 0 Å². The summed E-state index contributed by atoms with van der Waals surface area (Å²) in [5.41, 5.74) is 8.27. The fourth-order valence-electron chi connectivity index (χ4n) is 2.09. The minimum Gasteiger partial charge on any atom is -0.493 e. The topological polar surface area (TPSA) is 74.7 Å². The maximum absolute atomic E-state index is 5.73. The van der Waals surface area contributed by atoms with Crippen LogP contribution < -0.4 is 15.2 Å². The third kappa shape index (κ3) is 1.91. The van der Waals surface area contributed by atoms with Crippen LogP contribution in [0.3, 0.4) is 0 Å². The van der Waals surface area contributed by atoms with Crippen molar-refractivity contribution in [2.45, 2.75) is 0 Å². The van der Waals surface area contributed by atoms with Crippen LogP contribution in [-0.4, -0.2) is 28.8 Å². The predicted octanol–water partition coefficient (Wildman–Crippen LogP) is 2.00. The van der Waals surface area contributed by atoms with Gasteiger partial charge >= 0.3 is 0 Å². The first-order chi connectivity index (χ1) is 9.72. The van der Waals surface area contributed by atoms with Crippen LogP contribution in [0, 0.1) is 0 Å². The highest BCUT2D eigenvalue weighted by Crippen LogP contribution is 2.33. The summed E-state index contributed by atoms with van der Waals surface area (Å²) >= 11 is 0. The van der Waals surface area contributed by atoms with Gasteiger partial charge in [0.05, 0.1) is 20.4 Å². The summed E-state index contributed by atoms with van der Waals surface area (Å²) in [4.78, 5) is 4.32. The van der Waals surface area contributed by atoms with Gasteiger partial charge in [-0.2, -0.15) is 5.10 Å². The number of benzene rings is 1. The molecule has 0 radical (unpaired) electrons. The highest BCUT2D eigenvalue weighted by molar-refractivity contribution is 5.79. The Bertz CT molecular complexity index is 767.